The predicted molar refractivity (Wildman–Crippen MR) is 86.1 cm³/mol. The second-order valence-electron chi connectivity index (χ2n) is 4.92. The number of anilines is 1. The molecule has 110 valence electrons. The molecule has 0 heterocycles. The minimum atomic E-state index is -0.356. The van der Waals surface area contributed by atoms with Gasteiger partial charge in [-0.3, -0.25) is 4.79 Å². The molecular weight excluding hydrogens is 286 g/mol. The number of benzene rings is 2. The van der Waals surface area contributed by atoms with Crippen LogP contribution in [0.25, 0.3) is 0 Å². The Bertz CT molecular complexity index is 623. The molecule has 0 bridgehead atoms. The monoisotopic (exact) mass is 303 g/mol. The summed E-state index contributed by atoms with van der Waals surface area (Å²) in [6.45, 7) is 2.16. The lowest BCUT2D eigenvalue weighted by Gasteiger charge is -2.08. The standard InChI is InChI=1S/C17H18ClNO2/c1-2-3-4-12-5-8-14(9-6-12)19-17(21)15-10-7-13(18)11-16(15)20/h5-11,20H,2-4H2,1H3,(H,19,21). The van der Waals surface area contributed by atoms with Crippen LogP contribution in [0.4, 0.5) is 5.69 Å². The van der Waals surface area contributed by atoms with E-state index in [0.29, 0.717) is 10.7 Å². The van der Waals surface area contributed by atoms with E-state index in [2.05, 4.69) is 12.2 Å². The molecule has 3 nitrogen and oxygen atoms in total. The van der Waals surface area contributed by atoms with Crippen molar-refractivity contribution in [1.82, 2.24) is 0 Å². The van der Waals surface area contributed by atoms with Gasteiger partial charge < -0.3 is 10.4 Å². The van der Waals surface area contributed by atoms with E-state index in [-0.39, 0.29) is 17.2 Å². The maximum absolute atomic E-state index is 12.1. The summed E-state index contributed by atoms with van der Waals surface area (Å²) in [6, 6.07) is 12.2. The lowest BCUT2D eigenvalue weighted by Crippen LogP contribution is -2.12. The van der Waals surface area contributed by atoms with Gasteiger partial charge in [0.15, 0.2) is 0 Å². The SMILES string of the molecule is CCCCc1ccc(NC(=O)c2ccc(Cl)cc2O)cc1. The molecule has 0 saturated carbocycles. The molecule has 2 aromatic rings. The van der Waals surface area contributed by atoms with Crippen LogP contribution in [0.2, 0.25) is 5.02 Å². The van der Waals surface area contributed by atoms with Gasteiger partial charge in [-0.2, -0.15) is 0 Å². The highest BCUT2D eigenvalue weighted by Crippen LogP contribution is 2.23. The molecule has 2 aromatic carbocycles. The van der Waals surface area contributed by atoms with E-state index < -0.39 is 0 Å². The summed E-state index contributed by atoms with van der Waals surface area (Å²) in [4.78, 5) is 12.1. The fourth-order valence-corrected chi connectivity index (χ4v) is 2.20. The van der Waals surface area contributed by atoms with Gasteiger partial charge in [0.1, 0.15) is 5.75 Å². The number of unbranched alkanes of at least 4 members (excludes halogenated alkanes) is 1. The lowest BCUT2D eigenvalue weighted by atomic mass is 10.1. The average molecular weight is 304 g/mol. The highest BCUT2D eigenvalue weighted by atomic mass is 35.5. The van der Waals surface area contributed by atoms with E-state index in [1.165, 1.54) is 17.7 Å². The van der Waals surface area contributed by atoms with Gasteiger partial charge in [-0.25, -0.2) is 0 Å². The molecule has 0 saturated heterocycles. The molecule has 0 aliphatic carbocycles. The van der Waals surface area contributed by atoms with Crippen LogP contribution in [0.1, 0.15) is 35.7 Å². The Morgan fingerprint density at radius 1 is 1.19 bits per heavy atom. The summed E-state index contributed by atoms with van der Waals surface area (Å²) in [5.41, 5.74) is 2.16. The van der Waals surface area contributed by atoms with Gasteiger partial charge in [-0.1, -0.05) is 37.1 Å². The van der Waals surface area contributed by atoms with Crippen molar-refractivity contribution in [2.24, 2.45) is 0 Å². The summed E-state index contributed by atoms with van der Waals surface area (Å²) in [5, 5.41) is 12.9. The van der Waals surface area contributed by atoms with Crippen LogP contribution < -0.4 is 5.32 Å². The number of carbonyl (C=O) groups excluding carboxylic acids is 1. The number of amides is 1. The number of nitrogens with one attached hydrogen (secondary N) is 1. The molecule has 0 aliphatic rings. The third-order valence-corrected chi connectivity index (χ3v) is 3.47. The summed E-state index contributed by atoms with van der Waals surface area (Å²) >= 11 is 5.75. The first-order valence-corrected chi connectivity index (χ1v) is 7.36. The highest BCUT2D eigenvalue weighted by Gasteiger charge is 2.11. The fourth-order valence-electron chi connectivity index (χ4n) is 2.03. The van der Waals surface area contributed by atoms with Crippen LogP contribution in [0.3, 0.4) is 0 Å². The van der Waals surface area contributed by atoms with Gasteiger partial charge in [0.2, 0.25) is 0 Å². The molecule has 0 atom stereocenters. The number of aryl methyl sites for hydroxylation is 1. The van der Waals surface area contributed by atoms with E-state index in [4.69, 9.17) is 11.6 Å². The molecule has 0 spiro atoms. The number of hydrogen-bond acceptors (Lipinski definition) is 2. The molecule has 0 aliphatic heterocycles. The molecule has 0 unspecified atom stereocenters. The van der Waals surface area contributed by atoms with Crippen molar-refractivity contribution in [3.8, 4) is 5.75 Å². The van der Waals surface area contributed by atoms with E-state index in [1.54, 1.807) is 6.07 Å². The largest absolute Gasteiger partial charge is 0.507 e. The molecule has 4 heteroatoms. The van der Waals surface area contributed by atoms with Crippen molar-refractivity contribution in [3.63, 3.8) is 0 Å². The molecule has 1 amide bonds. The number of halogens is 1. The minimum absolute atomic E-state index is 0.125. The Morgan fingerprint density at radius 3 is 2.52 bits per heavy atom. The molecule has 0 fully saturated rings. The zero-order valence-electron chi connectivity index (χ0n) is 11.9. The van der Waals surface area contributed by atoms with Crippen LogP contribution in [0.5, 0.6) is 5.75 Å². The van der Waals surface area contributed by atoms with Crippen LogP contribution in [0, 0.1) is 0 Å². The summed E-state index contributed by atoms with van der Waals surface area (Å²) < 4.78 is 0. The van der Waals surface area contributed by atoms with Gasteiger partial charge >= 0.3 is 0 Å². The minimum Gasteiger partial charge on any atom is -0.507 e. The third kappa shape index (κ3) is 4.23. The normalized spacial score (nSPS) is 10.4. The van der Waals surface area contributed by atoms with Crippen LogP contribution in [-0.4, -0.2) is 11.0 Å². The molecule has 2 N–H and O–H groups in total. The zero-order chi connectivity index (χ0) is 15.2. The number of carbonyl (C=O) groups is 1. The number of aromatic hydroxyl groups is 1. The van der Waals surface area contributed by atoms with Crippen molar-refractivity contribution in [3.05, 3.63) is 58.6 Å². The van der Waals surface area contributed by atoms with Crippen molar-refractivity contribution >= 4 is 23.2 Å². The molecule has 21 heavy (non-hydrogen) atoms. The van der Waals surface area contributed by atoms with Crippen molar-refractivity contribution in [2.45, 2.75) is 26.2 Å². The molecule has 2 rings (SSSR count). The maximum Gasteiger partial charge on any atom is 0.259 e. The first-order chi connectivity index (χ1) is 10.1. The Morgan fingerprint density at radius 2 is 1.90 bits per heavy atom. The van der Waals surface area contributed by atoms with E-state index >= 15 is 0 Å². The Kier molecular flexibility index (Phi) is 5.23. The number of hydrogen-bond donors (Lipinski definition) is 2. The van der Waals surface area contributed by atoms with Crippen molar-refractivity contribution in [2.75, 3.05) is 5.32 Å². The summed E-state index contributed by atoms with van der Waals surface area (Å²) in [6.07, 6.45) is 3.36. The molecule has 0 radical (unpaired) electrons. The first-order valence-electron chi connectivity index (χ1n) is 6.99. The van der Waals surface area contributed by atoms with Gasteiger partial charge in [0, 0.05) is 10.7 Å². The van der Waals surface area contributed by atoms with Gasteiger partial charge in [-0.15, -0.1) is 0 Å². The number of rotatable bonds is 5. The Balaban J connectivity index is 2.05. The van der Waals surface area contributed by atoms with Crippen LogP contribution in [-0.2, 0) is 6.42 Å². The van der Waals surface area contributed by atoms with E-state index in [1.807, 2.05) is 24.3 Å². The Hall–Kier alpha value is -2.00. The zero-order valence-corrected chi connectivity index (χ0v) is 12.7. The molecule has 0 aromatic heterocycles. The average Bonchev–Trinajstić information content (AvgIpc) is 2.46. The van der Waals surface area contributed by atoms with Crippen LogP contribution >= 0.6 is 11.6 Å². The quantitative estimate of drug-likeness (QED) is 0.845. The lowest BCUT2D eigenvalue weighted by molar-refractivity contribution is 0.102. The number of phenolic OH excluding ortho intramolecular Hbond substituents is 1. The van der Waals surface area contributed by atoms with Gasteiger partial charge in [0.05, 0.1) is 5.56 Å². The Labute approximate surface area is 129 Å². The van der Waals surface area contributed by atoms with Crippen molar-refractivity contribution < 1.29 is 9.90 Å². The molecular formula is C17H18ClNO2. The summed E-state index contributed by atoms with van der Waals surface area (Å²) in [5.74, 6) is -0.481. The first kappa shape index (κ1) is 15.4. The highest BCUT2D eigenvalue weighted by molar-refractivity contribution is 6.30. The van der Waals surface area contributed by atoms with Gasteiger partial charge in [0.25, 0.3) is 5.91 Å². The van der Waals surface area contributed by atoms with Gasteiger partial charge in [-0.05, 0) is 48.7 Å². The smallest absolute Gasteiger partial charge is 0.259 e. The van der Waals surface area contributed by atoms with Crippen molar-refractivity contribution in [1.29, 1.82) is 0 Å². The number of phenols is 1. The third-order valence-electron chi connectivity index (χ3n) is 3.24. The maximum atomic E-state index is 12.1. The topological polar surface area (TPSA) is 49.3 Å². The van der Waals surface area contributed by atoms with E-state index in [0.717, 1.165) is 19.3 Å². The summed E-state index contributed by atoms with van der Waals surface area (Å²) in [7, 11) is 0. The second-order valence-corrected chi connectivity index (χ2v) is 5.35. The van der Waals surface area contributed by atoms with E-state index in [9.17, 15) is 9.90 Å². The predicted octanol–water partition coefficient (Wildman–Crippen LogP) is 4.64. The fraction of sp³-hybridized carbons (Fsp3) is 0.235. The van der Waals surface area contributed by atoms with Crippen LogP contribution in [0.15, 0.2) is 42.5 Å². The second kappa shape index (κ2) is 7.14.